The van der Waals surface area contributed by atoms with Gasteiger partial charge in [0.2, 0.25) is 0 Å². The molecule has 0 aliphatic rings. The van der Waals surface area contributed by atoms with Crippen LogP contribution in [0.4, 0.5) is 0 Å². The van der Waals surface area contributed by atoms with Gasteiger partial charge in [-0.25, -0.2) is 0 Å². The Morgan fingerprint density at radius 2 is 2.12 bits per heavy atom. The highest BCUT2D eigenvalue weighted by atomic mass is 16.5. The second-order valence-electron chi connectivity index (χ2n) is 1.82. The first-order chi connectivity index (χ1) is 3.91. The highest BCUT2D eigenvalue weighted by Crippen LogP contribution is 1.87. The zero-order valence-corrected chi connectivity index (χ0v) is 5.65. The Morgan fingerprint density at radius 1 is 1.38 bits per heavy atom. The van der Waals surface area contributed by atoms with E-state index in [0.717, 1.165) is 19.6 Å². The van der Waals surface area contributed by atoms with Gasteiger partial charge in [0.05, 0.1) is 0 Å². The number of rotatable bonds is 5. The molecule has 0 spiro atoms. The predicted molar refractivity (Wildman–Crippen MR) is 35.7 cm³/mol. The fraction of sp³-hybridized carbons (Fsp3) is 0.857. The second-order valence-corrected chi connectivity index (χ2v) is 1.82. The van der Waals surface area contributed by atoms with Gasteiger partial charge in [0, 0.05) is 13.2 Å². The molecule has 0 rings (SSSR count). The molecule has 0 aliphatic heterocycles. The van der Waals surface area contributed by atoms with Crippen LogP contribution in [0.3, 0.4) is 0 Å². The molecule has 0 aromatic heterocycles. The van der Waals surface area contributed by atoms with E-state index in [2.05, 4.69) is 13.8 Å². The Balaban J connectivity index is 2.53. The quantitative estimate of drug-likeness (QED) is 0.498. The van der Waals surface area contributed by atoms with Crippen molar-refractivity contribution in [3.8, 4) is 0 Å². The molecule has 0 heterocycles. The number of hydrogen-bond donors (Lipinski definition) is 0. The molecule has 0 unspecified atom stereocenters. The molecule has 0 fully saturated rings. The van der Waals surface area contributed by atoms with Gasteiger partial charge in [-0.05, 0) is 12.8 Å². The molecule has 0 saturated carbocycles. The summed E-state index contributed by atoms with van der Waals surface area (Å²) in [6, 6.07) is 0. The lowest BCUT2D eigenvalue weighted by Crippen LogP contribution is -1.93. The number of hydrogen-bond acceptors (Lipinski definition) is 1. The predicted octanol–water partition coefficient (Wildman–Crippen LogP) is 2.03. The lowest BCUT2D eigenvalue weighted by Gasteiger charge is -1.97. The maximum absolute atomic E-state index is 5.16. The van der Waals surface area contributed by atoms with Gasteiger partial charge in [0.15, 0.2) is 0 Å². The normalized spacial score (nSPS) is 9.75. The first-order valence-electron chi connectivity index (χ1n) is 3.28. The van der Waals surface area contributed by atoms with Crippen molar-refractivity contribution >= 4 is 0 Å². The van der Waals surface area contributed by atoms with Crippen molar-refractivity contribution in [1.82, 2.24) is 0 Å². The van der Waals surface area contributed by atoms with Gasteiger partial charge >= 0.3 is 0 Å². The van der Waals surface area contributed by atoms with Crippen LogP contribution in [0.15, 0.2) is 0 Å². The smallest absolute Gasteiger partial charge is 0.0466 e. The maximum Gasteiger partial charge on any atom is 0.0466 e. The molecule has 0 amide bonds. The number of ether oxygens (including phenoxy) is 1. The third-order valence-corrected chi connectivity index (χ3v) is 0.931. The summed E-state index contributed by atoms with van der Waals surface area (Å²) in [5, 5.41) is 0. The molecule has 0 saturated heterocycles. The fourth-order valence-corrected chi connectivity index (χ4v) is 0.451. The molecule has 0 bridgehead atoms. The molecular formula is C7H15O. The van der Waals surface area contributed by atoms with Gasteiger partial charge in [-0.1, -0.05) is 20.3 Å². The van der Waals surface area contributed by atoms with Crippen molar-refractivity contribution in [2.75, 3.05) is 13.2 Å². The summed E-state index contributed by atoms with van der Waals surface area (Å²) >= 11 is 0. The van der Waals surface area contributed by atoms with Crippen molar-refractivity contribution in [3.05, 3.63) is 6.92 Å². The van der Waals surface area contributed by atoms with Gasteiger partial charge in [0.1, 0.15) is 0 Å². The van der Waals surface area contributed by atoms with E-state index in [9.17, 15) is 0 Å². The summed E-state index contributed by atoms with van der Waals surface area (Å²) < 4.78 is 5.16. The van der Waals surface area contributed by atoms with Crippen LogP contribution in [-0.2, 0) is 4.74 Å². The van der Waals surface area contributed by atoms with E-state index in [1.807, 2.05) is 0 Å². The van der Waals surface area contributed by atoms with Crippen molar-refractivity contribution in [1.29, 1.82) is 0 Å². The second kappa shape index (κ2) is 6.96. The summed E-state index contributed by atoms with van der Waals surface area (Å²) in [5.41, 5.74) is 0. The largest absolute Gasteiger partial charge is 0.381 e. The summed E-state index contributed by atoms with van der Waals surface area (Å²) in [6.07, 6.45) is 3.29. The molecule has 0 N–H and O–H groups in total. The summed E-state index contributed by atoms with van der Waals surface area (Å²) in [6.45, 7) is 7.55. The SMILES string of the molecule is [CH2]CCOCCCC. The molecular weight excluding hydrogens is 100 g/mol. The minimum Gasteiger partial charge on any atom is -0.381 e. The molecule has 1 radical (unpaired) electrons. The number of unbranched alkanes of at least 4 members (excludes halogenated alkanes) is 1. The van der Waals surface area contributed by atoms with E-state index in [-0.39, 0.29) is 0 Å². The molecule has 1 nitrogen and oxygen atoms in total. The highest BCUT2D eigenvalue weighted by Gasteiger charge is 1.81. The molecule has 49 valence electrons. The third kappa shape index (κ3) is 5.96. The first-order valence-corrected chi connectivity index (χ1v) is 3.28. The zero-order valence-electron chi connectivity index (χ0n) is 5.65. The monoisotopic (exact) mass is 115 g/mol. The molecule has 0 aromatic rings. The lowest BCUT2D eigenvalue weighted by atomic mass is 10.4. The topological polar surface area (TPSA) is 9.23 Å². The van der Waals surface area contributed by atoms with Crippen LogP contribution >= 0.6 is 0 Å². The molecule has 0 aliphatic carbocycles. The highest BCUT2D eigenvalue weighted by molar-refractivity contribution is 4.36. The van der Waals surface area contributed by atoms with Gasteiger partial charge in [-0.2, -0.15) is 0 Å². The fourth-order valence-electron chi connectivity index (χ4n) is 0.451. The van der Waals surface area contributed by atoms with Crippen LogP contribution < -0.4 is 0 Å². The van der Waals surface area contributed by atoms with Crippen LogP contribution in [0.2, 0.25) is 0 Å². The molecule has 0 atom stereocenters. The van der Waals surface area contributed by atoms with E-state index in [0.29, 0.717) is 0 Å². The van der Waals surface area contributed by atoms with Gasteiger partial charge in [-0.15, -0.1) is 0 Å². The summed E-state index contributed by atoms with van der Waals surface area (Å²) in [7, 11) is 0. The van der Waals surface area contributed by atoms with Crippen LogP contribution in [0, 0.1) is 6.92 Å². The van der Waals surface area contributed by atoms with Crippen LogP contribution in [0.1, 0.15) is 26.2 Å². The first kappa shape index (κ1) is 7.96. The molecule has 1 heteroatoms. The average Bonchev–Trinajstić information content (AvgIpc) is 1.81. The van der Waals surface area contributed by atoms with E-state index in [4.69, 9.17) is 4.74 Å². The van der Waals surface area contributed by atoms with Crippen molar-refractivity contribution in [2.24, 2.45) is 0 Å². The summed E-state index contributed by atoms with van der Waals surface area (Å²) in [5.74, 6) is 0. The average molecular weight is 115 g/mol. The van der Waals surface area contributed by atoms with E-state index in [1.54, 1.807) is 0 Å². The van der Waals surface area contributed by atoms with Crippen LogP contribution in [0.25, 0.3) is 0 Å². The Morgan fingerprint density at radius 3 is 2.62 bits per heavy atom. The standard InChI is InChI=1S/C7H15O/c1-3-5-7-8-6-4-2/h2-7H2,1H3. The van der Waals surface area contributed by atoms with Crippen molar-refractivity contribution in [2.45, 2.75) is 26.2 Å². The van der Waals surface area contributed by atoms with E-state index in [1.165, 1.54) is 12.8 Å². The van der Waals surface area contributed by atoms with Gasteiger partial charge in [0.25, 0.3) is 0 Å². The van der Waals surface area contributed by atoms with Gasteiger partial charge < -0.3 is 4.74 Å². The Kier molecular flexibility index (Phi) is 6.93. The minimum atomic E-state index is 0.819. The minimum absolute atomic E-state index is 0.819. The van der Waals surface area contributed by atoms with Crippen molar-refractivity contribution < 1.29 is 4.74 Å². The third-order valence-electron chi connectivity index (χ3n) is 0.931. The molecule has 8 heavy (non-hydrogen) atoms. The Hall–Kier alpha value is -0.0400. The van der Waals surface area contributed by atoms with E-state index >= 15 is 0 Å². The van der Waals surface area contributed by atoms with Crippen LogP contribution in [0.5, 0.6) is 0 Å². The maximum atomic E-state index is 5.16. The Bertz CT molecular complexity index is 29.4. The van der Waals surface area contributed by atoms with Crippen molar-refractivity contribution in [3.63, 3.8) is 0 Å². The lowest BCUT2D eigenvalue weighted by molar-refractivity contribution is 0.135. The van der Waals surface area contributed by atoms with Crippen LogP contribution in [-0.4, -0.2) is 13.2 Å². The summed E-state index contributed by atoms with van der Waals surface area (Å²) in [4.78, 5) is 0. The Labute approximate surface area is 52.0 Å². The van der Waals surface area contributed by atoms with Gasteiger partial charge in [-0.3, -0.25) is 0 Å². The zero-order chi connectivity index (χ0) is 6.24. The molecule has 0 aromatic carbocycles. The van der Waals surface area contributed by atoms with E-state index < -0.39 is 0 Å².